The Hall–Kier alpha value is -1.43. The van der Waals surface area contributed by atoms with Gasteiger partial charge in [-0.25, -0.2) is 0 Å². The van der Waals surface area contributed by atoms with Gasteiger partial charge in [0.2, 0.25) is 0 Å². The predicted molar refractivity (Wildman–Crippen MR) is 46.7 cm³/mol. The minimum absolute atomic E-state index is 0.0181. The minimum atomic E-state index is -0.505. The van der Waals surface area contributed by atoms with Gasteiger partial charge in [0.15, 0.2) is 0 Å². The number of ether oxygens (including phenoxy) is 1. The fourth-order valence-electron chi connectivity index (χ4n) is 0.832. The van der Waals surface area contributed by atoms with Crippen molar-refractivity contribution in [2.45, 2.75) is 6.42 Å². The van der Waals surface area contributed by atoms with Crippen molar-refractivity contribution in [2.24, 2.45) is 0 Å². The van der Waals surface area contributed by atoms with Gasteiger partial charge in [-0.3, -0.25) is 14.9 Å². The lowest BCUT2D eigenvalue weighted by molar-refractivity contribution is -0.385. The maximum atomic E-state index is 10.8. The average molecular weight is 201 g/mol. The smallest absolute Gasteiger partial charge is 0.311 e. The number of methoxy groups -OCH3 is 1. The molecule has 1 aromatic rings. The highest BCUT2D eigenvalue weighted by Crippen LogP contribution is 2.24. The number of carbonyl (C=O) groups is 1. The standard InChI is InChI=1S/C7H7NO4S/c1-12-7(9)4-6-5(8(10)11)2-3-13-6/h2-3H,4H2,1H3. The van der Waals surface area contributed by atoms with Crippen molar-refractivity contribution in [3.63, 3.8) is 0 Å². The number of thiophene rings is 1. The minimum Gasteiger partial charge on any atom is -0.469 e. The molecule has 0 amide bonds. The Bertz CT molecular complexity index is 333. The van der Waals surface area contributed by atoms with Gasteiger partial charge < -0.3 is 4.74 Å². The third kappa shape index (κ3) is 2.25. The molecule has 0 bridgehead atoms. The van der Waals surface area contributed by atoms with E-state index in [4.69, 9.17) is 0 Å². The molecule has 0 unspecified atom stereocenters. The lowest BCUT2D eigenvalue weighted by Crippen LogP contribution is -2.04. The zero-order chi connectivity index (χ0) is 9.84. The molecule has 13 heavy (non-hydrogen) atoms. The molecule has 0 spiro atoms. The first-order valence-corrected chi connectivity index (χ1v) is 4.30. The van der Waals surface area contributed by atoms with E-state index < -0.39 is 10.9 Å². The van der Waals surface area contributed by atoms with Gasteiger partial charge >= 0.3 is 5.97 Å². The summed E-state index contributed by atoms with van der Waals surface area (Å²) in [5, 5.41) is 12.0. The normalized spacial score (nSPS) is 9.62. The predicted octanol–water partition coefficient (Wildman–Crippen LogP) is 1.37. The van der Waals surface area contributed by atoms with Crippen LogP contribution in [0.3, 0.4) is 0 Å². The van der Waals surface area contributed by atoms with E-state index in [1.807, 2.05) is 0 Å². The van der Waals surface area contributed by atoms with E-state index in [0.29, 0.717) is 4.88 Å². The maximum Gasteiger partial charge on any atom is 0.311 e. The highest BCUT2D eigenvalue weighted by molar-refractivity contribution is 7.10. The van der Waals surface area contributed by atoms with Crippen molar-refractivity contribution in [1.29, 1.82) is 0 Å². The van der Waals surface area contributed by atoms with Crippen molar-refractivity contribution in [3.8, 4) is 0 Å². The molecule has 0 aliphatic rings. The molecule has 0 aliphatic heterocycles. The number of rotatable bonds is 3. The summed E-state index contributed by atoms with van der Waals surface area (Å²) in [6, 6.07) is 1.38. The van der Waals surface area contributed by atoms with E-state index in [1.165, 1.54) is 24.5 Å². The molecule has 0 N–H and O–H groups in total. The zero-order valence-electron chi connectivity index (χ0n) is 6.85. The van der Waals surface area contributed by atoms with Gasteiger partial charge in [-0.2, -0.15) is 0 Å². The van der Waals surface area contributed by atoms with Crippen LogP contribution in [0.4, 0.5) is 5.69 Å². The van der Waals surface area contributed by atoms with Crippen LogP contribution in [0.5, 0.6) is 0 Å². The maximum absolute atomic E-state index is 10.8. The van der Waals surface area contributed by atoms with Crippen molar-refractivity contribution in [1.82, 2.24) is 0 Å². The number of nitrogens with zero attached hydrogens (tertiary/aromatic N) is 1. The molecule has 0 atom stereocenters. The van der Waals surface area contributed by atoms with Gasteiger partial charge in [0.25, 0.3) is 5.69 Å². The lowest BCUT2D eigenvalue weighted by Gasteiger charge is -1.95. The Balaban J connectivity index is 2.82. The second kappa shape index (κ2) is 3.99. The molecule has 1 rings (SSSR count). The highest BCUT2D eigenvalue weighted by atomic mass is 32.1. The summed E-state index contributed by atoms with van der Waals surface area (Å²) in [7, 11) is 1.25. The van der Waals surface area contributed by atoms with Gasteiger partial charge in [0, 0.05) is 6.07 Å². The molecule has 0 aliphatic carbocycles. The monoisotopic (exact) mass is 201 g/mol. The van der Waals surface area contributed by atoms with Crippen LogP contribution in [0.25, 0.3) is 0 Å². The Morgan fingerprint density at radius 3 is 3.00 bits per heavy atom. The SMILES string of the molecule is COC(=O)Cc1sccc1[N+](=O)[O-]. The van der Waals surface area contributed by atoms with E-state index >= 15 is 0 Å². The van der Waals surface area contributed by atoms with Gasteiger partial charge in [-0.1, -0.05) is 0 Å². The quantitative estimate of drug-likeness (QED) is 0.420. The average Bonchev–Trinajstić information content (AvgIpc) is 2.52. The molecule has 0 radical (unpaired) electrons. The molecule has 5 nitrogen and oxygen atoms in total. The number of hydrogen-bond acceptors (Lipinski definition) is 5. The largest absolute Gasteiger partial charge is 0.469 e. The molecule has 1 heterocycles. The number of carbonyl (C=O) groups excluding carboxylic acids is 1. The molecule has 1 aromatic heterocycles. The van der Waals surface area contributed by atoms with Crippen molar-refractivity contribution in [2.75, 3.05) is 7.11 Å². The third-order valence-electron chi connectivity index (χ3n) is 1.45. The van der Waals surface area contributed by atoms with Gasteiger partial charge in [-0.05, 0) is 5.38 Å². The second-order valence-corrected chi connectivity index (χ2v) is 3.24. The zero-order valence-corrected chi connectivity index (χ0v) is 7.67. The summed E-state index contributed by atoms with van der Waals surface area (Å²) in [6.45, 7) is 0. The Morgan fingerprint density at radius 1 is 1.77 bits per heavy atom. The molecule has 0 fully saturated rings. The first-order chi connectivity index (χ1) is 6.15. The van der Waals surface area contributed by atoms with Crippen molar-refractivity contribution < 1.29 is 14.5 Å². The summed E-state index contributed by atoms with van der Waals surface area (Å²) in [6.07, 6.45) is -0.0372. The topological polar surface area (TPSA) is 69.4 Å². The van der Waals surface area contributed by atoms with E-state index in [-0.39, 0.29) is 12.1 Å². The second-order valence-electron chi connectivity index (χ2n) is 2.24. The van der Waals surface area contributed by atoms with Crippen LogP contribution in [-0.4, -0.2) is 18.0 Å². The summed E-state index contributed by atoms with van der Waals surface area (Å²) in [5.74, 6) is -0.467. The van der Waals surface area contributed by atoms with Crippen LogP contribution in [0.2, 0.25) is 0 Å². The molecule has 0 aromatic carbocycles. The summed E-state index contributed by atoms with van der Waals surface area (Å²) in [5.41, 5.74) is -0.0181. The first kappa shape index (κ1) is 9.66. The highest BCUT2D eigenvalue weighted by Gasteiger charge is 2.17. The van der Waals surface area contributed by atoms with E-state index in [9.17, 15) is 14.9 Å². The lowest BCUT2D eigenvalue weighted by atomic mass is 10.3. The Kier molecular flexibility index (Phi) is 2.97. The summed E-state index contributed by atoms with van der Waals surface area (Å²) >= 11 is 1.18. The molecule has 70 valence electrons. The summed E-state index contributed by atoms with van der Waals surface area (Å²) < 4.78 is 4.40. The van der Waals surface area contributed by atoms with Crippen LogP contribution in [0.15, 0.2) is 11.4 Å². The number of hydrogen-bond donors (Lipinski definition) is 0. The fourth-order valence-corrected chi connectivity index (χ4v) is 1.66. The molecular formula is C7H7NO4S. The molecular weight excluding hydrogens is 194 g/mol. The van der Waals surface area contributed by atoms with Crippen LogP contribution >= 0.6 is 11.3 Å². The fraction of sp³-hybridized carbons (Fsp3) is 0.286. The van der Waals surface area contributed by atoms with Crippen molar-refractivity contribution in [3.05, 3.63) is 26.4 Å². The summed E-state index contributed by atoms with van der Waals surface area (Å²) in [4.78, 5) is 21.2. The van der Waals surface area contributed by atoms with Crippen LogP contribution in [0.1, 0.15) is 4.88 Å². The molecule has 0 saturated carbocycles. The van der Waals surface area contributed by atoms with Crippen LogP contribution in [0, 0.1) is 10.1 Å². The van der Waals surface area contributed by atoms with E-state index in [0.717, 1.165) is 0 Å². The van der Waals surface area contributed by atoms with Gasteiger partial charge in [-0.15, -0.1) is 11.3 Å². The van der Waals surface area contributed by atoms with E-state index in [2.05, 4.69) is 4.74 Å². The van der Waals surface area contributed by atoms with E-state index in [1.54, 1.807) is 5.38 Å². The third-order valence-corrected chi connectivity index (χ3v) is 2.36. The van der Waals surface area contributed by atoms with Crippen molar-refractivity contribution >= 4 is 23.0 Å². The number of esters is 1. The first-order valence-electron chi connectivity index (χ1n) is 3.42. The van der Waals surface area contributed by atoms with Crippen LogP contribution in [-0.2, 0) is 16.0 Å². The molecule has 6 heteroatoms. The van der Waals surface area contributed by atoms with Gasteiger partial charge in [0.05, 0.1) is 23.3 Å². The van der Waals surface area contributed by atoms with Gasteiger partial charge in [0.1, 0.15) is 0 Å². The van der Waals surface area contributed by atoms with Crippen LogP contribution < -0.4 is 0 Å². The number of nitro groups is 1. The molecule has 0 saturated heterocycles. The Labute approximate surface area is 78.1 Å². The Morgan fingerprint density at radius 2 is 2.46 bits per heavy atom.